The summed E-state index contributed by atoms with van der Waals surface area (Å²) in [5.41, 5.74) is -0.138. The number of hydrogen-bond acceptors (Lipinski definition) is 4. The average Bonchev–Trinajstić information content (AvgIpc) is 3.06. The third-order valence-corrected chi connectivity index (χ3v) is 9.04. The van der Waals surface area contributed by atoms with E-state index < -0.39 is 0 Å². The third kappa shape index (κ3) is 2.50. The molecular formula is C23H34O4. The molecule has 4 aliphatic carbocycles. The number of rotatable bonds is 2. The molecule has 4 nitrogen and oxygen atoms in total. The number of hydrogen-bond donors (Lipinski definition) is 0. The molecule has 0 aromatic rings. The van der Waals surface area contributed by atoms with Crippen LogP contribution in [0.4, 0.5) is 0 Å². The van der Waals surface area contributed by atoms with Gasteiger partial charge in [-0.2, -0.15) is 0 Å². The van der Waals surface area contributed by atoms with Gasteiger partial charge >= 0.3 is 5.97 Å². The van der Waals surface area contributed by atoms with Gasteiger partial charge < -0.3 is 4.74 Å². The van der Waals surface area contributed by atoms with Crippen LogP contribution in [0.5, 0.6) is 0 Å². The third-order valence-electron chi connectivity index (χ3n) is 9.04. The Balaban J connectivity index is 1.74. The van der Waals surface area contributed by atoms with E-state index in [0.717, 1.165) is 32.1 Å². The van der Waals surface area contributed by atoms with Crippen LogP contribution in [0.3, 0.4) is 0 Å². The summed E-state index contributed by atoms with van der Waals surface area (Å²) in [4.78, 5) is 38.2. The summed E-state index contributed by atoms with van der Waals surface area (Å²) >= 11 is 0. The predicted molar refractivity (Wildman–Crippen MR) is 102 cm³/mol. The number of carbonyl (C=O) groups excluding carboxylic acids is 3. The summed E-state index contributed by atoms with van der Waals surface area (Å²) in [5, 5.41) is 0. The molecule has 150 valence electrons. The SMILES string of the molecule is CC(=O)OC1CCC2C3C(=O)C(C(C)C)C4C(=O)CCC4(C)C3CCC12C. The summed E-state index contributed by atoms with van der Waals surface area (Å²) in [5.74, 6) is 1.05. The van der Waals surface area contributed by atoms with Crippen molar-refractivity contribution in [1.29, 1.82) is 0 Å². The maximum absolute atomic E-state index is 13.8. The first-order chi connectivity index (χ1) is 12.6. The molecule has 0 amide bonds. The Bertz CT molecular complexity index is 682. The lowest BCUT2D eigenvalue weighted by Crippen LogP contribution is -2.59. The van der Waals surface area contributed by atoms with Crippen molar-refractivity contribution in [2.24, 2.45) is 46.3 Å². The molecule has 0 spiro atoms. The molecule has 4 aliphatic rings. The number of esters is 1. The van der Waals surface area contributed by atoms with Crippen LogP contribution in [0.1, 0.15) is 73.1 Å². The minimum absolute atomic E-state index is 0.0314. The minimum atomic E-state index is -0.215. The van der Waals surface area contributed by atoms with Crippen LogP contribution in [0.25, 0.3) is 0 Å². The lowest BCUT2D eigenvalue weighted by Gasteiger charge is -2.58. The fraction of sp³-hybridized carbons (Fsp3) is 0.870. The van der Waals surface area contributed by atoms with E-state index in [2.05, 4.69) is 27.7 Å². The number of carbonyl (C=O) groups is 3. The quantitative estimate of drug-likeness (QED) is 0.680. The predicted octanol–water partition coefficient (Wildman–Crippen LogP) is 4.20. The molecule has 0 aromatic carbocycles. The smallest absolute Gasteiger partial charge is 0.302 e. The van der Waals surface area contributed by atoms with Gasteiger partial charge in [-0.25, -0.2) is 0 Å². The second-order valence-corrected chi connectivity index (χ2v) is 10.6. The van der Waals surface area contributed by atoms with Gasteiger partial charge in [0.1, 0.15) is 17.7 Å². The first-order valence-electron chi connectivity index (χ1n) is 10.8. The van der Waals surface area contributed by atoms with Gasteiger partial charge in [-0.05, 0) is 55.3 Å². The van der Waals surface area contributed by atoms with E-state index in [1.54, 1.807) is 0 Å². The molecule has 4 saturated carbocycles. The van der Waals surface area contributed by atoms with Gasteiger partial charge in [0.25, 0.3) is 0 Å². The molecule has 0 radical (unpaired) electrons. The van der Waals surface area contributed by atoms with Crippen LogP contribution in [0.15, 0.2) is 0 Å². The van der Waals surface area contributed by atoms with Gasteiger partial charge in [-0.15, -0.1) is 0 Å². The van der Waals surface area contributed by atoms with E-state index in [-0.39, 0.29) is 52.5 Å². The Labute approximate surface area is 162 Å². The van der Waals surface area contributed by atoms with Crippen molar-refractivity contribution in [2.75, 3.05) is 0 Å². The normalized spacial score (nSPS) is 49.0. The number of Topliss-reactive ketones (excluding diaryl/α,β-unsaturated/α-hetero) is 2. The van der Waals surface area contributed by atoms with Crippen LogP contribution in [-0.2, 0) is 19.1 Å². The fourth-order valence-electron chi connectivity index (χ4n) is 7.82. The maximum atomic E-state index is 13.8. The molecule has 0 bridgehead atoms. The molecule has 0 aromatic heterocycles. The van der Waals surface area contributed by atoms with Crippen molar-refractivity contribution in [2.45, 2.75) is 79.2 Å². The second-order valence-electron chi connectivity index (χ2n) is 10.6. The molecule has 4 rings (SSSR count). The van der Waals surface area contributed by atoms with E-state index >= 15 is 0 Å². The largest absolute Gasteiger partial charge is 0.462 e. The highest BCUT2D eigenvalue weighted by molar-refractivity contribution is 5.95. The van der Waals surface area contributed by atoms with Gasteiger partial charge in [0.2, 0.25) is 0 Å². The zero-order valence-corrected chi connectivity index (χ0v) is 17.4. The maximum Gasteiger partial charge on any atom is 0.302 e. The number of ether oxygens (including phenoxy) is 1. The van der Waals surface area contributed by atoms with Crippen molar-refractivity contribution in [3.8, 4) is 0 Å². The minimum Gasteiger partial charge on any atom is -0.462 e. The van der Waals surface area contributed by atoms with E-state index in [9.17, 15) is 14.4 Å². The van der Waals surface area contributed by atoms with Crippen LogP contribution in [0, 0.1) is 46.3 Å². The van der Waals surface area contributed by atoms with Crippen LogP contribution in [-0.4, -0.2) is 23.6 Å². The highest BCUT2D eigenvalue weighted by Crippen LogP contribution is 2.67. The van der Waals surface area contributed by atoms with Gasteiger partial charge in [0, 0.05) is 36.5 Å². The summed E-state index contributed by atoms with van der Waals surface area (Å²) < 4.78 is 5.70. The lowest BCUT2D eigenvalue weighted by atomic mass is 9.45. The Morgan fingerprint density at radius 2 is 1.70 bits per heavy atom. The van der Waals surface area contributed by atoms with Crippen molar-refractivity contribution in [3.63, 3.8) is 0 Å². The van der Waals surface area contributed by atoms with E-state index in [4.69, 9.17) is 4.74 Å². The molecule has 0 heterocycles. The van der Waals surface area contributed by atoms with Gasteiger partial charge in [0.05, 0.1) is 0 Å². The van der Waals surface area contributed by atoms with E-state index in [0.29, 0.717) is 23.9 Å². The summed E-state index contributed by atoms with van der Waals surface area (Å²) in [6.07, 6.45) is 5.30. The monoisotopic (exact) mass is 374 g/mol. The van der Waals surface area contributed by atoms with Crippen LogP contribution in [0.2, 0.25) is 0 Å². The Morgan fingerprint density at radius 1 is 1.04 bits per heavy atom. The van der Waals surface area contributed by atoms with Gasteiger partial charge in [-0.3, -0.25) is 14.4 Å². The standard InChI is InChI=1S/C23H34O4/c1-12(2)18-20-16(25)9-11-23(20,5)15-8-10-22(4)14(19(15)21(18)26)6-7-17(22)27-13(3)24/h12,14-15,17-20H,6-11H2,1-5H3. The fourth-order valence-corrected chi connectivity index (χ4v) is 7.82. The lowest BCUT2D eigenvalue weighted by molar-refractivity contribution is -0.172. The van der Waals surface area contributed by atoms with E-state index in [1.165, 1.54) is 6.92 Å². The molecule has 4 heteroatoms. The van der Waals surface area contributed by atoms with Crippen molar-refractivity contribution < 1.29 is 19.1 Å². The average molecular weight is 375 g/mol. The number of ketones is 2. The molecule has 8 atom stereocenters. The molecule has 0 aliphatic heterocycles. The highest BCUT2D eigenvalue weighted by atomic mass is 16.5. The molecule has 4 fully saturated rings. The topological polar surface area (TPSA) is 60.4 Å². The molecule has 0 saturated heterocycles. The van der Waals surface area contributed by atoms with Crippen LogP contribution < -0.4 is 0 Å². The highest BCUT2D eigenvalue weighted by Gasteiger charge is 2.67. The first-order valence-corrected chi connectivity index (χ1v) is 10.8. The summed E-state index contributed by atoms with van der Waals surface area (Å²) in [7, 11) is 0. The second kappa shape index (κ2) is 6.15. The van der Waals surface area contributed by atoms with Crippen molar-refractivity contribution >= 4 is 17.5 Å². The summed E-state index contributed by atoms with van der Waals surface area (Å²) in [6, 6.07) is 0. The summed E-state index contributed by atoms with van der Waals surface area (Å²) in [6.45, 7) is 10.2. The zero-order valence-electron chi connectivity index (χ0n) is 17.4. The molecule has 8 unspecified atom stereocenters. The Morgan fingerprint density at radius 3 is 2.33 bits per heavy atom. The van der Waals surface area contributed by atoms with Gasteiger partial charge in [-0.1, -0.05) is 27.7 Å². The Kier molecular flexibility index (Phi) is 4.36. The Hall–Kier alpha value is -1.19. The number of fused-ring (bicyclic) bond motifs is 5. The van der Waals surface area contributed by atoms with Gasteiger partial charge in [0.15, 0.2) is 0 Å². The van der Waals surface area contributed by atoms with Crippen LogP contribution >= 0.6 is 0 Å². The van der Waals surface area contributed by atoms with E-state index in [1.807, 2.05) is 0 Å². The van der Waals surface area contributed by atoms with Crippen molar-refractivity contribution in [3.05, 3.63) is 0 Å². The first kappa shape index (κ1) is 19.1. The molecule has 27 heavy (non-hydrogen) atoms. The molecule has 0 N–H and O–H groups in total. The zero-order chi connectivity index (χ0) is 19.7. The molecular weight excluding hydrogens is 340 g/mol. The van der Waals surface area contributed by atoms with Crippen molar-refractivity contribution in [1.82, 2.24) is 0 Å².